The van der Waals surface area contributed by atoms with E-state index in [1.54, 1.807) is 13.8 Å². The van der Waals surface area contributed by atoms with Crippen LogP contribution < -0.4 is 27.4 Å². The van der Waals surface area contributed by atoms with Gasteiger partial charge in [-0.25, -0.2) is 4.79 Å². The smallest absolute Gasteiger partial charge is 0.327 e. The number of carbonyl (C=O) groups is 6. The number of hydrogen-bond acceptors (Lipinski definition) is 8. The van der Waals surface area contributed by atoms with Crippen molar-refractivity contribution in [2.24, 2.45) is 17.4 Å². The molecule has 4 unspecified atom stereocenters. The van der Waals surface area contributed by atoms with Crippen LogP contribution in [-0.2, 0) is 28.8 Å². The van der Waals surface area contributed by atoms with Crippen molar-refractivity contribution in [2.45, 2.75) is 57.3 Å². The number of aliphatic carboxylic acids is 2. The molecule has 0 radical (unpaired) electrons. The van der Waals surface area contributed by atoms with Gasteiger partial charge in [0.25, 0.3) is 0 Å². The van der Waals surface area contributed by atoms with E-state index in [1.165, 1.54) is 0 Å². The number of hydrogen-bond donors (Lipinski definition) is 8. The predicted molar refractivity (Wildman–Crippen MR) is 111 cm³/mol. The zero-order valence-electron chi connectivity index (χ0n) is 17.2. The second-order valence-electron chi connectivity index (χ2n) is 7.08. The van der Waals surface area contributed by atoms with E-state index in [-0.39, 0.29) is 18.6 Å². The molecule has 14 heteroatoms. The minimum atomic E-state index is -1.45. The molecule has 0 aliphatic heterocycles. The van der Waals surface area contributed by atoms with Gasteiger partial charge in [0.2, 0.25) is 23.6 Å². The Morgan fingerprint density at radius 3 is 1.87 bits per heavy atom. The van der Waals surface area contributed by atoms with Crippen molar-refractivity contribution in [3.05, 3.63) is 0 Å². The number of nitrogens with one attached hydrogen (secondary N) is 3. The summed E-state index contributed by atoms with van der Waals surface area (Å²) in [5.41, 5.74) is 10.6. The average molecular weight is 464 g/mol. The van der Waals surface area contributed by atoms with Crippen LogP contribution in [0, 0.1) is 5.92 Å². The van der Waals surface area contributed by atoms with Crippen LogP contribution in [0.1, 0.15) is 33.1 Å². The predicted octanol–water partition coefficient (Wildman–Crippen LogP) is -2.82. The molecule has 0 spiro atoms. The number of carboxylic acids is 2. The Labute approximate surface area is 184 Å². The van der Waals surface area contributed by atoms with Gasteiger partial charge in [-0.2, -0.15) is 12.6 Å². The SMILES string of the molecule is CC(C)C(NC(=O)C(CCC(N)=O)NC(=O)C(N)CC(=O)O)C(=O)NC(CS)C(=O)O. The maximum atomic E-state index is 12.7. The summed E-state index contributed by atoms with van der Waals surface area (Å²) in [5, 5.41) is 24.7. The summed E-state index contributed by atoms with van der Waals surface area (Å²) in [6, 6.07) is -5.24. The van der Waals surface area contributed by atoms with Crippen LogP contribution in [0.4, 0.5) is 0 Å². The number of amides is 4. The second-order valence-corrected chi connectivity index (χ2v) is 7.45. The number of rotatable bonds is 14. The normalized spacial score (nSPS) is 14.6. The standard InChI is InChI=1S/C17H29N5O8S/c1-7(2)13(16(28)21-10(6-31)17(29)30)22-15(27)9(3-4-11(19)23)20-14(26)8(18)5-12(24)25/h7-10,13,31H,3-6,18H2,1-2H3,(H2,19,23)(H,20,26)(H,21,28)(H,22,27)(H,24,25)(H,29,30). The van der Waals surface area contributed by atoms with Gasteiger partial charge in [-0.3, -0.25) is 24.0 Å². The van der Waals surface area contributed by atoms with Crippen LogP contribution >= 0.6 is 12.6 Å². The first-order valence-electron chi connectivity index (χ1n) is 9.30. The largest absolute Gasteiger partial charge is 0.481 e. The van der Waals surface area contributed by atoms with Gasteiger partial charge in [0.05, 0.1) is 12.5 Å². The maximum Gasteiger partial charge on any atom is 0.327 e. The molecule has 0 saturated carbocycles. The summed E-state index contributed by atoms with van der Waals surface area (Å²) >= 11 is 3.85. The van der Waals surface area contributed by atoms with Gasteiger partial charge in [0.1, 0.15) is 18.1 Å². The first-order chi connectivity index (χ1) is 14.3. The van der Waals surface area contributed by atoms with Gasteiger partial charge in [0.15, 0.2) is 0 Å². The number of nitrogens with two attached hydrogens (primary N) is 2. The summed E-state index contributed by atoms with van der Waals surface area (Å²) in [6.45, 7) is 3.20. The van der Waals surface area contributed by atoms with Crippen LogP contribution in [0.3, 0.4) is 0 Å². The third-order valence-corrected chi connectivity index (χ3v) is 4.45. The molecule has 176 valence electrons. The highest BCUT2D eigenvalue weighted by atomic mass is 32.1. The first-order valence-corrected chi connectivity index (χ1v) is 9.93. The summed E-state index contributed by atoms with van der Waals surface area (Å²) in [6.07, 6.45) is -1.20. The van der Waals surface area contributed by atoms with Crippen LogP contribution in [0.5, 0.6) is 0 Å². The lowest BCUT2D eigenvalue weighted by atomic mass is 10.0. The second kappa shape index (κ2) is 13.4. The van der Waals surface area contributed by atoms with Crippen molar-refractivity contribution in [3.63, 3.8) is 0 Å². The fourth-order valence-electron chi connectivity index (χ4n) is 2.35. The minimum Gasteiger partial charge on any atom is -0.481 e. The Morgan fingerprint density at radius 2 is 1.45 bits per heavy atom. The van der Waals surface area contributed by atoms with Crippen molar-refractivity contribution in [3.8, 4) is 0 Å². The average Bonchev–Trinajstić information content (AvgIpc) is 2.65. The van der Waals surface area contributed by atoms with E-state index in [2.05, 4.69) is 28.6 Å². The highest BCUT2D eigenvalue weighted by Crippen LogP contribution is 2.06. The topological polar surface area (TPSA) is 231 Å². The monoisotopic (exact) mass is 463 g/mol. The van der Waals surface area contributed by atoms with Gasteiger partial charge in [-0.1, -0.05) is 13.8 Å². The zero-order valence-corrected chi connectivity index (χ0v) is 18.1. The summed E-state index contributed by atoms with van der Waals surface area (Å²) in [7, 11) is 0. The molecular weight excluding hydrogens is 434 g/mol. The highest BCUT2D eigenvalue weighted by molar-refractivity contribution is 7.80. The Bertz CT molecular complexity index is 702. The van der Waals surface area contributed by atoms with E-state index in [4.69, 9.17) is 21.7 Å². The van der Waals surface area contributed by atoms with Crippen molar-refractivity contribution in [2.75, 3.05) is 5.75 Å². The van der Waals surface area contributed by atoms with Gasteiger partial charge >= 0.3 is 11.9 Å². The molecule has 0 bridgehead atoms. The summed E-state index contributed by atoms with van der Waals surface area (Å²) < 4.78 is 0. The highest BCUT2D eigenvalue weighted by Gasteiger charge is 2.32. The lowest BCUT2D eigenvalue weighted by molar-refractivity contribution is -0.142. The molecule has 0 aromatic carbocycles. The molecule has 0 saturated heterocycles. The molecule has 0 aromatic heterocycles. The number of thiol groups is 1. The van der Waals surface area contributed by atoms with Gasteiger partial charge in [-0.05, 0) is 12.3 Å². The van der Waals surface area contributed by atoms with Gasteiger partial charge < -0.3 is 37.6 Å². The quantitative estimate of drug-likeness (QED) is 0.124. The molecule has 4 atom stereocenters. The Kier molecular flexibility index (Phi) is 12.2. The van der Waals surface area contributed by atoms with E-state index >= 15 is 0 Å². The fraction of sp³-hybridized carbons (Fsp3) is 0.647. The zero-order chi connectivity index (χ0) is 24.3. The Hall–Kier alpha value is -2.87. The van der Waals surface area contributed by atoms with Crippen molar-refractivity contribution >= 4 is 48.2 Å². The molecular formula is C17H29N5O8S. The van der Waals surface area contributed by atoms with E-state index < -0.39 is 72.1 Å². The summed E-state index contributed by atoms with van der Waals surface area (Å²) in [5.74, 6) is -6.63. The van der Waals surface area contributed by atoms with Crippen molar-refractivity contribution in [1.29, 1.82) is 0 Å². The number of primary amides is 1. The van der Waals surface area contributed by atoms with E-state index in [0.717, 1.165) is 0 Å². The third kappa shape index (κ3) is 10.6. The molecule has 0 heterocycles. The lowest BCUT2D eigenvalue weighted by Crippen LogP contribution is -2.58. The van der Waals surface area contributed by atoms with Crippen LogP contribution in [0.15, 0.2) is 0 Å². The van der Waals surface area contributed by atoms with E-state index in [1.807, 2.05) is 0 Å². The minimum absolute atomic E-state index is 0.182. The molecule has 31 heavy (non-hydrogen) atoms. The molecule has 0 fully saturated rings. The Balaban J connectivity index is 5.42. The van der Waals surface area contributed by atoms with E-state index in [9.17, 15) is 28.8 Å². The molecule has 0 rings (SSSR count). The molecule has 0 aromatic rings. The van der Waals surface area contributed by atoms with Crippen molar-refractivity contribution in [1.82, 2.24) is 16.0 Å². The molecule has 9 N–H and O–H groups in total. The molecule has 0 aliphatic carbocycles. The van der Waals surface area contributed by atoms with E-state index in [0.29, 0.717) is 0 Å². The van der Waals surface area contributed by atoms with Crippen LogP contribution in [0.25, 0.3) is 0 Å². The Morgan fingerprint density at radius 1 is 0.903 bits per heavy atom. The first kappa shape index (κ1) is 28.1. The third-order valence-electron chi connectivity index (χ3n) is 4.09. The lowest BCUT2D eigenvalue weighted by Gasteiger charge is -2.26. The fourth-order valence-corrected chi connectivity index (χ4v) is 2.60. The number of carbonyl (C=O) groups excluding carboxylic acids is 4. The maximum absolute atomic E-state index is 12.7. The van der Waals surface area contributed by atoms with Crippen LogP contribution in [-0.4, -0.2) is 75.7 Å². The molecule has 4 amide bonds. The molecule has 13 nitrogen and oxygen atoms in total. The number of carboxylic acid groups (broad SMARTS) is 2. The molecule has 0 aliphatic rings. The summed E-state index contributed by atoms with van der Waals surface area (Å²) in [4.78, 5) is 70.2. The van der Waals surface area contributed by atoms with Gasteiger partial charge in [-0.15, -0.1) is 0 Å². The van der Waals surface area contributed by atoms with Crippen LogP contribution in [0.2, 0.25) is 0 Å². The van der Waals surface area contributed by atoms with Gasteiger partial charge in [0, 0.05) is 12.2 Å². The van der Waals surface area contributed by atoms with Crippen molar-refractivity contribution < 1.29 is 39.0 Å².